The first-order valence-electron chi connectivity index (χ1n) is 6.62. The van der Waals surface area contributed by atoms with Crippen molar-refractivity contribution in [1.29, 1.82) is 0 Å². The second-order valence-electron chi connectivity index (χ2n) is 5.44. The number of halogens is 2. The number of carbonyl (C=O) groups is 3. The summed E-state index contributed by atoms with van der Waals surface area (Å²) in [6, 6.07) is 6.58. The Labute approximate surface area is 137 Å². The van der Waals surface area contributed by atoms with Crippen molar-refractivity contribution in [2.24, 2.45) is 5.41 Å². The Bertz CT molecular complexity index is 644. The average Bonchev–Trinajstić information content (AvgIpc) is 2.96. The smallest absolute Gasteiger partial charge is 0.315 e. The number of Topliss-reactive ketones (excluding diaryl/α,β-unsaturated/α-hetero) is 1. The van der Waals surface area contributed by atoms with Gasteiger partial charge in [-0.3, -0.25) is 14.4 Å². The van der Waals surface area contributed by atoms with Crippen LogP contribution in [0.4, 0.5) is 5.69 Å². The number of hydrogen-bond donors (Lipinski definition) is 1. The maximum atomic E-state index is 11.8. The number of amides is 1. The summed E-state index contributed by atoms with van der Waals surface area (Å²) in [7, 11) is 0. The molecular weight excluding hydrogens is 329 g/mol. The number of esters is 1. The minimum Gasteiger partial charge on any atom is -0.455 e. The molecular formula is C15H15Cl2NO4. The fourth-order valence-electron chi connectivity index (χ4n) is 2.00. The molecule has 0 heterocycles. The Morgan fingerprint density at radius 2 is 1.86 bits per heavy atom. The number of rotatable bonds is 5. The Kier molecular flexibility index (Phi) is 4.49. The molecule has 1 amide bonds. The Balaban J connectivity index is 1.92. The second kappa shape index (κ2) is 5.89. The summed E-state index contributed by atoms with van der Waals surface area (Å²) < 4.78 is 3.80. The van der Waals surface area contributed by atoms with Gasteiger partial charge in [-0.2, -0.15) is 0 Å². The van der Waals surface area contributed by atoms with Crippen LogP contribution in [0.5, 0.6) is 0 Å². The van der Waals surface area contributed by atoms with E-state index >= 15 is 0 Å². The van der Waals surface area contributed by atoms with Gasteiger partial charge in [0.15, 0.2) is 12.4 Å². The van der Waals surface area contributed by atoms with Crippen molar-refractivity contribution in [2.45, 2.75) is 24.6 Å². The molecule has 0 aliphatic heterocycles. The normalized spacial score (nSPS) is 21.8. The molecule has 1 aliphatic rings. The maximum absolute atomic E-state index is 11.8. The standard InChI is InChI=1S/C15H15Cl2NO4/c1-9(19)10-5-3-4-6-11(10)18-12(20)7-22-13(21)14(2)8-15(14,16)17/h3-6H,7-8H2,1-2H3,(H,18,20)/t14-/m0/s1. The summed E-state index contributed by atoms with van der Waals surface area (Å²) in [5, 5.41) is 2.54. The van der Waals surface area contributed by atoms with Crippen LogP contribution in [0.25, 0.3) is 0 Å². The van der Waals surface area contributed by atoms with E-state index in [0.29, 0.717) is 11.3 Å². The van der Waals surface area contributed by atoms with Gasteiger partial charge in [0.1, 0.15) is 9.75 Å². The predicted octanol–water partition coefficient (Wildman–Crippen LogP) is 2.95. The quantitative estimate of drug-likeness (QED) is 0.506. The minimum atomic E-state index is -1.14. The van der Waals surface area contributed by atoms with Crippen LogP contribution in [0.1, 0.15) is 30.6 Å². The SMILES string of the molecule is CC(=O)c1ccccc1NC(=O)COC(=O)[C@]1(C)CC1(Cl)Cl. The molecule has 0 aromatic heterocycles. The molecule has 7 heteroatoms. The van der Waals surface area contributed by atoms with Gasteiger partial charge in [0.25, 0.3) is 5.91 Å². The third-order valence-electron chi connectivity index (χ3n) is 3.62. The molecule has 0 bridgehead atoms. The van der Waals surface area contributed by atoms with Gasteiger partial charge in [-0.1, -0.05) is 12.1 Å². The zero-order chi connectivity index (χ0) is 16.5. The number of alkyl halides is 2. The lowest BCUT2D eigenvalue weighted by Gasteiger charge is -2.12. The van der Waals surface area contributed by atoms with Crippen molar-refractivity contribution < 1.29 is 19.1 Å². The summed E-state index contributed by atoms with van der Waals surface area (Å²) in [4.78, 5) is 35.1. The molecule has 1 N–H and O–H groups in total. The molecule has 0 spiro atoms. The van der Waals surface area contributed by atoms with Gasteiger partial charge in [0, 0.05) is 12.0 Å². The lowest BCUT2D eigenvalue weighted by molar-refractivity contribution is -0.152. The van der Waals surface area contributed by atoms with E-state index in [4.69, 9.17) is 27.9 Å². The van der Waals surface area contributed by atoms with Crippen molar-refractivity contribution >= 4 is 46.5 Å². The average molecular weight is 344 g/mol. The van der Waals surface area contributed by atoms with Crippen molar-refractivity contribution in [3.8, 4) is 0 Å². The van der Waals surface area contributed by atoms with Crippen molar-refractivity contribution in [3.63, 3.8) is 0 Å². The third kappa shape index (κ3) is 3.25. The summed E-state index contributed by atoms with van der Waals surface area (Å²) in [5.74, 6) is -1.33. The van der Waals surface area contributed by atoms with E-state index in [1.165, 1.54) is 6.92 Å². The molecule has 0 radical (unpaired) electrons. The number of benzene rings is 1. The zero-order valence-electron chi connectivity index (χ0n) is 12.1. The number of nitrogens with one attached hydrogen (secondary N) is 1. The first kappa shape index (κ1) is 16.8. The van der Waals surface area contributed by atoms with E-state index in [1.54, 1.807) is 31.2 Å². The summed E-state index contributed by atoms with van der Waals surface area (Å²) >= 11 is 11.7. The fraction of sp³-hybridized carbons (Fsp3) is 0.400. The second-order valence-corrected chi connectivity index (χ2v) is 6.92. The molecule has 5 nitrogen and oxygen atoms in total. The number of hydrogen-bond acceptors (Lipinski definition) is 4. The Hall–Kier alpha value is -1.59. The van der Waals surface area contributed by atoms with Gasteiger partial charge in [-0.15, -0.1) is 23.2 Å². The van der Waals surface area contributed by atoms with Crippen LogP contribution < -0.4 is 5.32 Å². The lowest BCUT2D eigenvalue weighted by Crippen LogP contribution is -2.27. The van der Waals surface area contributed by atoms with Crippen LogP contribution in [0.15, 0.2) is 24.3 Å². The highest BCUT2D eigenvalue weighted by atomic mass is 35.5. The molecule has 22 heavy (non-hydrogen) atoms. The van der Waals surface area contributed by atoms with E-state index in [9.17, 15) is 14.4 Å². The molecule has 0 unspecified atom stereocenters. The highest BCUT2D eigenvalue weighted by Gasteiger charge is 2.69. The van der Waals surface area contributed by atoms with Crippen LogP contribution in [-0.4, -0.2) is 28.6 Å². The summed E-state index contributed by atoms with van der Waals surface area (Å²) in [5.41, 5.74) is -0.220. The highest BCUT2D eigenvalue weighted by Crippen LogP contribution is 2.64. The molecule has 0 saturated heterocycles. The van der Waals surface area contributed by atoms with Crippen LogP contribution >= 0.6 is 23.2 Å². The summed E-state index contributed by atoms with van der Waals surface area (Å²) in [6.07, 6.45) is 0.288. The largest absolute Gasteiger partial charge is 0.455 e. The molecule has 1 atom stereocenters. The van der Waals surface area contributed by atoms with E-state index in [2.05, 4.69) is 5.32 Å². The predicted molar refractivity (Wildman–Crippen MR) is 83.2 cm³/mol. The molecule has 1 aromatic carbocycles. The molecule has 2 rings (SSSR count). The van der Waals surface area contributed by atoms with Gasteiger partial charge in [-0.25, -0.2) is 0 Å². The lowest BCUT2D eigenvalue weighted by atomic mass is 10.1. The Morgan fingerprint density at radius 3 is 2.41 bits per heavy atom. The number of ketones is 1. The zero-order valence-corrected chi connectivity index (χ0v) is 13.6. The topological polar surface area (TPSA) is 72.5 Å². The van der Waals surface area contributed by atoms with E-state index in [1.807, 2.05) is 0 Å². The van der Waals surface area contributed by atoms with Gasteiger partial charge in [0.2, 0.25) is 0 Å². The number of ether oxygens (including phenoxy) is 1. The van der Waals surface area contributed by atoms with E-state index < -0.39 is 28.2 Å². The number of para-hydroxylation sites is 1. The third-order valence-corrected chi connectivity index (χ3v) is 4.72. The van der Waals surface area contributed by atoms with E-state index in [0.717, 1.165) is 0 Å². The molecule has 1 fully saturated rings. The number of carbonyl (C=O) groups excluding carboxylic acids is 3. The van der Waals surface area contributed by atoms with E-state index in [-0.39, 0.29) is 12.2 Å². The Morgan fingerprint density at radius 1 is 1.27 bits per heavy atom. The van der Waals surface area contributed by atoms with Crippen LogP contribution in [0, 0.1) is 5.41 Å². The number of anilines is 1. The first-order chi connectivity index (χ1) is 10.2. The van der Waals surface area contributed by atoms with Gasteiger partial charge >= 0.3 is 5.97 Å². The summed E-state index contributed by atoms with van der Waals surface area (Å²) in [6.45, 7) is 2.52. The monoisotopic (exact) mass is 343 g/mol. The van der Waals surface area contributed by atoms with Gasteiger partial charge in [0.05, 0.1) is 5.69 Å². The molecule has 1 aliphatic carbocycles. The van der Waals surface area contributed by atoms with Crippen molar-refractivity contribution in [3.05, 3.63) is 29.8 Å². The minimum absolute atomic E-state index is 0.174. The first-order valence-corrected chi connectivity index (χ1v) is 7.38. The molecule has 1 saturated carbocycles. The van der Waals surface area contributed by atoms with Crippen molar-refractivity contribution in [2.75, 3.05) is 11.9 Å². The highest BCUT2D eigenvalue weighted by molar-refractivity contribution is 6.53. The van der Waals surface area contributed by atoms with Gasteiger partial charge < -0.3 is 10.1 Å². The van der Waals surface area contributed by atoms with Crippen LogP contribution in [-0.2, 0) is 14.3 Å². The molecule has 118 valence electrons. The van der Waals surface area contributed by atoms with Crippen LogP contribution in [0.3, 0.4) is 0 Å². The van der Waals surface area contributed by atoms with Crippen LogP contribution in [0.2, 0.25) is 0 Å². The fourth-order valence-corrected chi connectivity index (χ4v) is 2.69. The van der Waals surface area contributed by atoms with Crippen molar-refractivity contribution in [1.82, 2.24) is 0 Å². The van der Waals surface area contributed by atoms with Gasteiger partial charge in [-0.05, 0) is 26.0 Å². The molecule has 1 aromatic rings. The maximum Gasteiger partial charge on any atom is 0.315 e.